The van der Waals surface area contributed by atoms with Gasteiger partial charge in [-0.3, -0.25) is 0 Å². The Morgan fingerprint density at radius 3 is 2.68 bits per heavy atom. The van der Waals surface area contributed by atoms with Gasteiger partial charge in [-0.25, -0.2) is 0 Å². The van der Waals surface area contributed by atoms with E-state index in [0.717, 1.165) is 19.4 Å². The number of hydrogen-bond donors (Lipinski definition) is 0. The van der Waals surface area contributed by atoms with Crippen molar-refractivity contribution in [3.8, 4) is 11.3 Å². The second-order valence-corrected chi connectivity index (χ2v) is 5.26. The van der Waals surface area contributed by atoms with E-state index in [1.165, 1.54) is 33.3 Å². The van der Waals surface area contributed by atoms with E-state index in [9.17, 15) is 0 Å². The van der Waals surface area contributed by atoms with Gasteiger partial charge in [0.05, 0.1) is 5.69 Å². The van der Waals surface area contributed by atoms with Gasteiger partial charge in [-0.15, -0.1) is 0 Å². The summed E-state index contributed by atoms with van der Waals surface area (Å²) >= 11 is 0. The van der Waals surface area contributed by atoms with Gasteiger partial charge in [0.1, 0.15) is 0 Å². The molecule has 0 saturated carbocycles. The fraction of sp³-hybridized carbons (Fsp3) is 0.222. The van der Waals surface area contributed by atoms with Crippen LogP contribution in [-0.4, -0.2) is 4.57 Å². The predicted octanol–water partition coefficient (Wildman–Crippen LogP) is 4.43. The highest BCUT2D eigenvalue weighted by Crippen LogP contribution is 2.38. The van der Waals surface area contributed by atoms with Crippen LogP contribution in [0.5, 0.6) is 0 Å². The average Bonchev–Trinajstić information content (AvgIpc) is 2.81. The monoisotopic (exact) mass is 247 g/mol. The molecule has 19 heavy (non-hydrogen) atoms. The molecule has 0 N–H and O–H groups in total. The van der Waals surface area contributed by atoms with Gasteiger partial charge in [-0.05, 0) is 30.0 Å². The Balaban J connectivity index is 2.15. The molecule has 1 aromatic heterocycles. The molecule has 2 aromatic carbocycles. The lowest BCUT2D eigenvalue weighted by Gasteiger charge is -2.21. The highest BCUT2D eigenvalue weighted by Gasteiger charge is 2.22. The van der Waals surface area contributed by atoms with Crippen LogP contribution in [-0.2, 0) is 19.4 Å². The van der Waals surface area contributed by atoms with Crippen LogP contribution >= 0.6 is 0 Å². The van der Waals surface area contributed by atoms with Crippen molar-refractivity contribution in [1.82, 2.24) is 4.57 Å². The number of fused-ring (bicyclic) bond motifs is 5. The zero-order chi connectivity index (χ0) is 12.8. The lowest BCUT2D eigenvalue weighted by molar-refractivity contribution is 0.707. The lowest BCUT2D eigenvalue weighted by Crippen LogP contribution is -2.10. The molecule has 94 valence electrons. The van der Waals surface area contributed by atoms with Gasteiger partial charge in [0.2, 0.25) is 0 Å². The Bertz CT molecular complexity index is 731. The molecule has 1 aliphatic heterocycles. The molecule has 2 heterocycles. The maximum atomic E-state index is 2.51. The third kappa shape index (κ3) is 1.42. The van der Waals surface area contributed by atoms with Crippen LogP contribution in [0, 0.1) is 0 Å². The van der Waals surface area contributed by atoms with Crippen LogP contribution in [0.1, 0.15) is 18.1 Å². The smallest absolute Gasteiger partial charge is 0.0526 e. The van der Waals surface area contributed by atoms with Crippen molar-refractivity contribution in [2.24, 2.45) is 0 Å². The van der Waals surface area contributed by atoms with E-state index in [2.05, 4.69) is 60.0 Å². The molecular weight excluding hydrogens is 230 g/mol. The van der Waals surface area contributed by atoms with Crippen molar-refractivity contribution in [3.05, 3.63) is 59.7 Å². The minimum absolute atomic E-state index is 1.09. The van der Waals surface area contributed by atoms with Gasteiger partial charge < -0.3 is 4.57 Å². The van der Waals surface area contributed by atoms with Crippen LogP contribution in [0.2, 0.25) is 0 Å². The van der Waals surface area contributed by atoms with Gasteiger partial charge >= 0.3 is 0 Å². The summed E-state index contributed by atoms with van der Waals surface area (Å²) in [6.07, 6.45) is 2.24. The first-order valence-corrected chi connectivity index (χ1v) is 7.08. The molecule has 3 aromatic rings. The Kier molecular flexibility index (Phi) is 2.28. The van der Waals surface area contributed by atoms with Crippen molar-refractivity contribution in [2.45, 2.75) is 26.3 Å². The molecule has 0 fully saturated rings. The summed E-state index contributed by atoms with van der Waals surface area (Å²) in [6.45, 7) is 3.37. The highest BCUT2D eigenvalue weighted by atomic mass is 15.0. The molecular formula is C18H17N. The number of nitrogens with zero attached hydrogens (tertiary/aromatic N) is 1. The second-order valence-electron chi connectivity index (χ2n) is 5.26. The third-order valence-electron chi connectivity index (χ3n) is 4.31. The molecule has 4 rings (SSSR count). The molecule has 1 nitrogen and oxygen atoms in total. The standard InChI is InChI=1S/C18H17N/c1-2-14-16-9-5-6-10-17(16)19-12-11-13-7-3-4-8-15(13)18(14)19/h3-10H,2,11-12H2,1H3. The van der Waals surface area contributed by atoms with E-state index in [0.29, 0.717) is 0 Å². The SMILES string of the molecule is CCc1c2n(c3ccccc13)CCc1ccccc1-2. The normalized spacial score (nSPS) is 13.3. The van der Waals surface area contributed by atoms with E-state index in [1.54, 1.807) is 0 Å². The molecule has 0 radical (unpaired) electrons. The number of rotatable bonds is 1. The number of benzene rings is 2. The first-order valence-electron chi connectivity index (χ1n) is 7.08. The fourth-order valence-electron chi connectivity index (χ4n) is 3.47. The van der Waals surface area contributed by atoms with Gasteiger partial charge in [0.15, 0.2) is 0 Å². The number of aromatic nitrogens is 1. The summed E-state index contributed by atoms with van der Waals surface area (Å²) in [7, 11) is 0. The summed E-state index contributed by atoms with van der Waals surface area (Å²) in [4.78, 5) is 0. The Hall–Kier alpha value is -2.02. The van der Waals surface area contributed by atoms with Crippen LogP contribution in [0.25, 0.3) is 22.2 Å². The summed E-state index contributed by atoms with van der Waals surface area (Å²) in [5.74, 6) is 0. The van der Waals surface area contributed by atoms with E-state index in [1.807, 2.05) is 0 Å². The molecule has 0 spiro atoms. The summed E-state index contributed by atoms with van der Waals surface area (Å²) in [6, 6.07) is 17.7. The predicted molar refractivity (Wildman–Crippen MR) is 80.5 cm³/mol. The first kappa shape index (κ1) is 10.9. The van der Waals surface area contributed by atoms with E-state index < -0.39 is 0 Å². The zero-order valence-corrected chi connectivity index (χ0v) is 11.2. The molecule has 0 aliphatic carbocycles. The summed E-state index contributed by atoms with van der Waals surface area (Å²) in [5.41, 5.74) is 7.27. The lowest BCUT2D eigenvalue weighted by atomic mass is 9.95. The first-order chi connectivity index (χ1) is 9.40. The van der Waals surface area contributed by atoms with Gasteiger partial charge in [-0.1, -0.05) is 49.4 Å². The second kappa shape index (κ2) is 3.99. The van der Waals surface area contributed by atoms with Gasteiger partial charge in [-0.2, -0.15) is 0 Å². The minimum Gasteiger partial charge on any atom is -0.340 e. The van der Waals surface area contributed by atoms with Crippen molar-refractivity contribution < 1.29 is 0 Å². The minimum atomic E-state index is 1.09. The molecule has 0 bridgehead atoms. The Labute approximate surface area is 113 Å². The maximum Gasteiger partial charge on any atom is 0.0526 e. The van der Waals surface area contributed by atoms with Gasteiger partial charge in [0, 0.05) is 23.0 Å². The van der Waals surface area contributed by atoms with Crippen molar-refractivity contribution in [1.29, 1.82) is 0 Å². The Morgan fingerprint density at radius 1 is 1.00 bits per heavy atom. The molecule has 0 atom stereocenters. The van der Waals surface area contributed by atoms with Crippen molar-refractivity contribution in [3.63, 3.8) is 0 Å². The van der Waals surface area contributed by atoms with Crippen molar-refractivity contribution in [2.75, 3.05) is 0 Å². The largest absolute Gasteiger partial charge is 0.340 e. The average molecular weight is 247 g/mol. The molecule has 0 unspecified atom stereocenters. The highest BCUT2D eigenvalue weighted by molar-refractivity contribution is 5.93. The van der Waals surface area contributed by atoms with Crippen LogP contribution in [0.15, 0.2) is 48.5 Å². The molecule has 0 amide bonds. The topological polar surface area (TPSA) is 4.93 Å². The number of hydrogen-bond acceptors (Lipinski definition) is 0. The van der Waals surface area contributed by atoms with Crippen LogP contribution in [0.3, 0.4) is 0 Å². The van der Waals surface area contributed by atoms with E-state index in [4.69, 9.17) is 0 Å². The molecule has 1 heteroatoms. The molecule has 1 aliphatic rings. The quantitative estimate of drug-likeness (QED) is 0.599. The van der Waals surface area contributed by atoms with E-state index >= 15 is 0 Å². The van der Waals surface area contributed by atoms with Crippen LogP contribution in [0.4, 0.5) is 0 Å². The maximum absolute atomic E-state index is 2.51. The van der Waals surface area contributed by atoms with E-state index in [-0.39, 0.29) is 0 Å². The fourth-order valence-corrected chi connectivity index (χ4v) is 3.47. The Morgan fingerprint density at radius 2 is 1.79 bits per heavy atom. The third-order valence-corrected chi connectivity index (χ3v) is 4.31. The summed E-state index contributed by atoms with van der Waals surface area (Å²) in [5, 5.41) is 1.43. The van der Waals surface area contributed by atoms with Crippen LogP contribution < -0.4 is 0 Å². The number of aryl methyl sites for hydroxylation is 3. The zero-order valence-electron chi connectivity index (χ0n) is 11.2. The number of para-hydroxylation sites is 1. The molecule has 0 saturated heterocycles. The van der Waals surface area contributed by atoms with Gasteiger partial charge in [0.25, 0.3) is 0 Å². The summed E-state index contributed by atoms with van der Waals surface area (Å²) < 4.78 is 2.51. The van der Waals surface area contributed by atoms with Crippen molar-refractivity contribution >= 4 is 10.9 Å².